The lowest BCUT2D eigenvalue weighted by atomic mass is 9.89. The molecule has 0 spiro atoms. The molecule has 0 aromatic heterocycles. The number of piperidine rings is 1. The minimum Gasteiger partial charge on any atom is -0.383 e. The maximum absolute atomic E-state index is 5.55. The third-order valence-electron chi connectivity index (χ3n) is 4.81. The average molecular weight is 254 g/mol. The molecular weight excluding hydrogens is 224 g/mol. The van der Waals surface area contributed by atoms with E-state index in [2.05, 4.69) is 17.1 Å². The number of nitrogens with zero attached hydrogens (tertiary/aromatic N) is 1. The van der Waals surface area contributed by atoms with Gasteiger partial charge in [0.1, 0.15) is 0 Å². The first kappa shape index (κ1) is 14.3. The Labute approximate surface area is 112 Å². The molecule has 1 unspecified atom stereocenters. The summed E-state index contributed by atoms with van der Waals surface area (Å²) in [6, 6.07) is 0. The van der Waals surface area contributed by atoms with E-state index in [1.807, 2.05) is 7.11 Å². The Bertz CT molecular complexity index is 233. The predicted octanol–water partition coefficient (Wildman–Crippen LogP) is 2.27. The molecule has 0 bridgehead atoms. The van der Waals surface area contributed by atoms with Gasteiger partial charge < -0.3 is 10.1 Å². The molecule has 106 valence electrons. The first-order valence-corrected chi connectivity index (χ1v) is 7.75. The Kier molecular flexibility index (Phi) is 5.46. The van der Waals surface area contributed by atoms with E-state index in [1.165, 1.54) is 64.7 Å². The van der Waals surface area contributed by atoms with Crippen molar-refractivity contribution in [3.05, 3.63) is 0 Å². The molecule has 3 heteroatoms. The van der Waals surface area contributed by atoms with Gasteiger partial charge in [0.15, 0.2) is 0 Å². The van der Waals surface area contributed by atoms with Gasteiger partial charge in [-0.1, -0.05) is 13.3 Å². The van der Waals surface area contributed by atoms with E-state index < -0.39 is 0 Å². The number of hydrogen-bond acceptors (Lipinski definition) is 3. The Morgan fingerprint density at radius 2 is 2.11 bits per heavy atom. The fraction of sp³-hybridized carbons (Fsp3) is 1.00. The number of methoxy groups -OCH3 is 1. The van der Waals surface area contributed by atoms with Gasteiger partial charge in [-0.15, -0.1) is 0 Å². The van der Waals surface area contributed by atoms with Crippen LogP contribution in [0.1, 0.15) is 45.4 Å². The van der Waals surface area contributed by atoms with Crippen molar-refractivity contribution in [3.8, 4) is 0 Å². The molecule has 18 heavy (non-hydrogen) atoms. The summed E-state index contributed by atoms with van der Waals surface area (Å²) in [5, 5.41) is 3.47. The quantitative estimate of drug-likeness (QED) is 0.787. The zero-order valence-electron chi connectivity index (χ0n) is 12.2. The van der Waals surface area contributed by atoms with E-state index in [0.29, 0.717) is 5.54 Å². The maximum Gasteiger partial charge on any atom is 0.0646 e. The molecule has 0 saturated carbocycles. The summed E-state index contributed by atoms with van der Waals surface area (Å²) in [4.78, 5) is 2.76. The number of rotatable bonds is 6. The van der Waals surface area contributed by atoms with Gasteiger partial charge in [0, 0.05) is 19.2 Å². The van der Waals surface area contributed by atoms with Crippen LogP contribution < -0.4 is 5.32 Å². The second kappa shape index (κ2) is 6.88. The minimum atomic E-state index is 0.356. The highest BCUT2D eigenvalue weighted by molar-refractivity contribution is 4.96. The lowest BCUT2D eigenvalue weighted by Gasteiger charge is -2.40. The van der Waals surface area contributed by atoms with Gasteiger partial charge >= 0.3 is 0 Å². The van der Waals surface area contributed by atoms with Crippen LogP contribution in [0.4, 0.5) is 0 Å². The van der Waals surface area contributed by atoms with Crippen molar-refractivity contribution in [2.24, 2.45) is 5.92 Å². The summed E-state index contributed by atoms with van der Waals surface area (Å²) in [6.07, 6.45) is 7.96. The fourth-order valence-corrected chi connectivity index (χ4v) is 3.91. The zero-order valence-corrected chi connectivity index (χ0v) is 12.2. The molecule has 2 heterocycles. The molecule has 2 aliphatic heterocycles. The van der Waals surface area contributed by atoms with Gasteiger partial charge in [0.2, 0.25) is 0 Å². The van der Waals surface area contributed by atoms with E-state index in [1.54, 1.807) is 0 Å². The largest absolute Gasteiger partial charge is 0.383 e. The molecule has 0 radical (unpaired) electrons. The van der Waals surface area contributed by atoms with Crippen LogP contribution in [-0.4, -0.2) is 50.3 Å². The first-order chi connectivity index (χ1) is 8.80. The molecule has 1 N–H and O–H groups in total. The summed E-state index contributed by atoms with van der Waals surface area (Å²) in [6.45, 7) is 8.23. The van der Waals surface area contributed by atoms with Gasteiger partial charge in [0.25, 0.3) is 0 Å². The third kappa shape index (κ3) is 3.25. The number of likely N-dealkylation sites (tertiary alicyclic amines) is 1. The van der Waals surface area contributed by atoms with E-state index in [4.69, 9.17) is 4.74 Å². The van der Waals surface area contributed by atoms with Crippen LogP contribution in [0.15, 0.2) is 0 Å². The van der Waals surface area contributed by atoms with Gasteiger partial charge in [-0.05, 0) is 57.7 Å². The van der Waals surface area contributed by atoms with Crippen molar-refractivity contribution < 1.29 is 4.74 Å². The van der Waals surface area contributed by atoms with Crippen molar-refractivity contribution in [1.82, 2.24) is 10.2 Å². The van der Waals surface area contributed by atoms with E-state index in [9.17, 15) is 0 Å². The van der Waals surface area contributed by atoms with Crippen LogP contribution in [-0.2, 0) is 4.74 Å². The summed E-state index contributed by atoms with van der Waals surface area (Å²) < 4.78 is 5.55. The zero-order chi connectivity index (χ0) is 12.8. The number of nitrogens with one attached hydrogen (secondary N) is 1. The first-order valence-electron chi connectivity index (χ1n) is 7.75. The van der Waals surface area contributed by atoms with Crippen LogP contribution in [0.25, 0.3) is 0 Å². The van der Waals surface area contributed by atoms with Crippen molar-refractivity contribution in [2.45, 2.75) is 51.0 Å². The Hall–Kier alpha value is -0.120. The highest BCUT2D eigenvalue weighted by Gasteiger charge is 2.40. The van der Waals surface area contributed by atoms with Crippen LogP contribution >= 0.6 is 0 Å². The van der Waals surface area contributed by atoms with Gasteiger partial charge in [-0.2, -0.15) is 0 Å². The Morgan fingerprint density at radius 1 is 1.33 bits per heavy atom. The van der Waals surface area contributed by atoms with Gasteiger partial charge in [-0.25, -0.2) is 0 Å². The average Bonchev–Trinajstić information content (AvgIpc) is 2.75. The predicted molar refractivity (Wildman–Crippen MR) is 75.9 cm³/mol. The minimum absolute atomic E-state index is 0.356. The Morgan fingerprint density at radius 3 is 2.78 bits per heavy atom. The molecule has 0 aromatic rings. The second-order valence-electron chi connectivity index (χ2n) is 6.15. The van der Waals surface area contributed by atoms with Crippen molar-refractivity contribution in [2.75, 3.05) is 39.9 Å². The lowest BCUT2D eigenvalue weighted by Crippen LogP contribution is -2.50. The van der Waals surface area contributed by atoms with Crippen LogP contribution in [0.5, 0.6) is 0 Å². The standard InChI is InChI=1S/C15H30N2O/c1-3-7-15(13-18-2)8-4-11-17(15)12-14-5-9-16-10-6-14/h14,16H,3-13H2,1-2H3. The SMILES string of the molecule is CCCC1(COC)CCCN1CC1CCNCC1. The molecule has 2 fully saturated rings. The van der Waals surface area contributed by atoms with Crippen LogP contribution in [0, 0.1) is 5.92 Å². The van der Waals surface area contributed by atoms with E-state index in [0.717, 1.165) is 12.5 Å². The van der Waals surface area contributed by atoms with Crippen molar-refractivity contribution in [1.29, 1.82) is 0 Å². The monoisotopic (exact) mass is 254 g/mol. The summed E-state index contributed by atoms with van der Waals surface area (Å²) in [7, 11) is 1.86. The molecule has 0 aromatic carbocycles. The van der Waals surface area contributed by atoms with Crippen molar-refractivity contribution >= 4 is 0 Å². The number of hydrogen-bond donors (Lipinski definition) is 1. The van der Waals surface area contributed by atoms with Gasteiger partial charge in [-0.3, -0.25) is 4.90 Å². The highest BCUT2D eigenvalue weighted by atomic mass is 16.5. The molecule has 2 rings (SSSR count). The molecule has 2 aliphatic rings. The second-order valence-corrected chi connectivity index (χ2v) is 6.15. The topological polar surface area (TPSA) is 24.5 Å². The van der Waals surface area contributed by atoms with E-state index >= 15 is 0 Å². The van der Waals surface area contributed by atoms with Crippen molar-refractivity contribution in [3.63, 3.8) is 0 Å². The summed E-state index contributed by atoms with van der Waals surface area (Å²) in [5.74, 6) is 0.900. The maximum atomic E-state index is 5.55. The molecule has 0 amide bonds. The summed E-state index contributed by atoms with van der Waals surface area (Å²) in [5.41, 5.74) is 0.356. The molecule has 1 atom stereocenters. The molecule has 0 aliphatic carbocycles. The highest BCUT2D eigenvalue weighted by Crippen LogP contribution is 2.35. The fourth-order valence-electron chi connectivity index (χ4n) is 3.91. The van der Waals surface area contributed by atoms with Gasteiger partial charge in [0.05, 0.1) is 6.61 Å². The Balaban J connectivity index is 1.95. The summed E-state index contributed by atoms with van der Waals surface area (Å²) >= 11 is 0. The number of ether oxygens (including phenoxy) is 1. The molecule has 3 nitrogen and oxygen atoms in total. The van der Waals surface area contributed by atoms with E-state index in [-0.39, 0.29) is 0 Å². The van der Waals surface area contributed by atoms with Crippen LogP contribution in [0.3, 0.4) is 0 Å². The smallest absolute Gasteiger partial charge is 0.0646 e. The third-order valence-corrected chi connectivity index (χ3v) is 4.81. The van der Waals surface area contributed by atoms with Crippen LogP contribution in [0.2, 0.25) is 0 Å². The lowest BCUT2D eigenvalue weighted by molar-refractivity contribution is 0.0198. The normalized spacial score (nSPS) is 31.0. The molecule has 2 saturated heterocycles. The molecular formula is C15H30N2O.